The van der Waals surface area contributed by atoms with Crippen LogP contribution < -0.4 is 21.1 Å². The molecule has 0 aliphatic rings. The van der Waals surface area contributed by atoms with Gasteiger partial charge in [-0.2, -0.15) is 0 Å². The molecule has 0 radical (unpaired) electrons. The highest BCUT2D eigenvalue weighted by Gasteiger charge is 2.10. The Hall–Kier alpha value is -3.55. The highest BCUT2D eigenvalue weighted by Crippen LogP contribution is 2.18. The third-order valence-electron chi connectivity index (χ3n) is 4.22. The molecule has 0 aliphatic carbocycles. The zero-order valence-corrected chi connectivity index (χ0v) is 16.1. The third-order valence-corrected chi connectivity index (χ3v) is 4.22. The van der Waals surface area contributed by atoms with Crippen LogP contribution in [-0.4, -0.2) is 29.5 Å². The van der Waals surface area contributed by atoms with Gasteiger partial charge in [-0.3, -0.25) is 14.2 Å². The van der Waals surface area contributed by atoms with Crippen molar-refractivity contribution in [2.45, 2.75) is 26.3 Å². The topological polar surface area (TPSA) is 103 Å². The third kappa shape index (κ3) is 5.47. The number of anilines is 1. The van der Waals surface area contributed by atoms with Crippen molar-refractivity contribution in [2.75, 3.05) is 18.5 Å². The Labute approximate surface area is 167 Å². The van der Waals surface area contributed by atoms with Crippen LogP contribution >= 0.6 is 0 Å². The zero-order chi connectivity index (χ0) is 20.6. The summed E-state index contributed by atoms with van der Waals surface area (Å²) in [7, 11) is 0. The van der Waals surface area contributed by atoms with Gasteiger partial charge in [0.05, 0.1) is 5.52 Å². The van der Waals surface area contributed by atoms with E-state index in [1.54, 1.807) is 36.4 Å². The first-order valence-corrected chi connectivity index (χ1v) is 9.44. The maximum atomic E-state index is 12.2. The number of aromatic nitrogens is 1. The summed E-state index contributed by atoms with van der Waals surface area (Å²) in [5, 5.41) is 5.44. The van der Waals surface area contributed by atoms with E-state index in [2.05, 4.69) is 10.6 Å². The molecule has 0 saturated heterocycles. The fraction of sp³-hybridized carbons (Fsp3) is 0.286. The number of para-hydroxylation sites is 2. The molecular weight excluding hydrogens is 374 g/mol. The second kappa shape index (κ2) is 9.59. The number of rotatable bonds is 9. The molecule has 2 amide bonds. The Kier molecular flexibility index (Phi) is 6.67. The number of ether oxygens (including phenoxy) is 1. The molecule has 1 aromatic heterocycles. The van der Waals surface area contributed by atoms with Crippen molar-refractivity contribution < 1.29 is 18.7 Å². The van der Waals surface area contributed by atoms with Crippen molar-refractivity contribution in [1.82, 2.24) is 9.88 Å². The fourth-order valence-electron chi connectivity index (χ4n) is 2.91. The van der Waals surface area contributed by atoms with Gasteiger partial charge in [0, 0.05) is 31.3 Å². The Balaban J connectivity index is 1.50. The molecule has 1 heterocycles. The molecule has 0 atom stereocenters. The second-order valence-electron chi connectivity index (χ2n) is 6.41. The molecule has 29 heavy (non-hydrogen) atoms. The average Bonchev–Trinajstić information content (AvgIpc) is 3.02. The molecule has 3 aromatic rings. The highest BCUT2D eigenvalue weighted by molar-refractivity contribution is 5.90. The van der Waals surface area contributed by atoms with Crippen molar-refractivity contribution in [2.24, 2.45) is 0 Å². The summed E-state index contributed by atoms with van der Waals surface area (Å²) >= 11 is 0. The molecule has 0 fully saturated rings. The Morgan fingerprint density at radius 3 is 2.76 bits per heavy atom. The monoisotopic (exact) mass is 397 g/mol. The van der Waals surface area contributed by atoms with Gasteiger partial charge >= 0.3 is 5.76 Å². The van der Waals surface area contributed by atoms with Gasteiger partial charge in [-0.1, -0.05) is 18.2 Å². The summed E-state index contributed by atoms with van der Waals surface area (Å²) in [4.78, 5) is 35.6. The lowest BCUT2D eigenvalue weighted by atomic mass is 10.2. The first-order chi connectivity index (χ1) is 14.1. The number of benzene rings is 2. The lowest BCUT2D eigenvalue weighted by Gasteiger charge is -2.09. The summed E-state index contributed by atoms with van der Waals surface area (Å²) in [5.74, 6) is -0.315. The van der Waals surface area contributed by atoms with Crippen LogP contribution in [0.5, 0.6) is 5.75 Å². The molecule has 0 saturated carbocycles. The molecule has 2 aromatic carbocycles. The largest absolute Gasteiger partial charge is 0.484 e. The smallest absolute Gasteiger partial charge is 0.419 e. The number of fused-ring (bicyclic) bond motifs is 1. The van der Waals surface area contributed by atoms with Crippen LogP contribution in [0.2, 0.25) is 0 Å². The van der Waals surface area contributed by atoms with E-state index < -0.39 is 5.76 Å². The molecule has 152 valence electrons. The Morgan fingerprint density at radius 1 is 1.10 bits per heavy atom. The number of nitrogens with zero attached hydrogens (tertiary/aromatic N) is 1. The number of carbonyl (C=O) groups is 2. The van der Waals surface area contributed by atoms with Gasteiger partial charge in [0.1, 0.15) is 5.75 Å². The van der Waals surface area contributed by atoms with Gasteiger partial charge in [-0.25, -0.2) is 4.79 Å². The van der Waals surface area contributed by atoms with Crippen molar-refractivity contribution in [3.63, 3.8) is 0 Å². The van der Waals surface area contributed by atoms with E-state index >= 15 is 0 Å². The van der Waals surface area contributed by atoms with E-state index in [9.17, 15) is 14.4 Å². The maximum absolute atomic E-state index is 12.2. The van der Waals surface area contributed by atoms with Crippen molar-refractivity contribution >= 4 is 28.6 Å². The first-order valence-electron chi connectivity index (χ1n) is 9.44. The van der Waals surface area contributed by atoms with Crippen LogP contribution in [0.4, 0.5) is 5.69 Å². The molecule has 8 heteroatoms. The molecule has 0 aliphatic heterocycles. The fourth-order valence-corrected chi connectivity index (χ4v) is 2.91. The van der Waals surface area contributed by atoms with Gasteiger partial charge in [-0.15, -0.1) is 0 Å². The van der Waals surface area contributed by atoms with Crippen LogP contribution in [0.1, 0.15) is 19.8 Å². The van der Waals surface area contributed by atoms with E-state index in [0.29, 0.717) is 36.5 Å². The van der Waals surface area contributed by atoms with Crippen LogP contribution in [0, 0.1) is 0 Å². The molecule has 2 N–H and O–H groups in total. The lowest BCUT2D eigenvalue weighted by molar-refractivity contribution is -0.123. The van der Waals surface area contributed by atoms with E-state index in [-0.39, 0.29) is 24.8 Å². The van der Waals surface area contributed by atoms with Gasteiger partial charge in [0.25, 0.3) is 5.91 Å². The van der Waals surface area contributed by atoms with Gasteiger partial charge in [-0.05, 0) is 37.6 Å². The van der Waals surface area contributed by atoms with E-state index in [1.807, 2.05) is 19.1 Å². The number of likely N-dealkylation sites (N-methyl/N-ethyl adjacent to an activating group) is 1. The molecule has 0 spiro atoms. The highest BCUT2D eigenvalue weighted by atomic mass is 16.5. The number of hydrogen-bond donors (Lipinski definition) is 2. The number of hydrogen-bond acceptors (Lipinski definition) is 5. The minimum atomic E-state index is -0.427. The minimum Gasteiger partial charge on any atom is -0.484 e. The summed E-state index contributed by atoms with van der Waals surface area (Å²) in [6, 6.07) is 14.0. The molecule has 3 rings (SSSR count). The quantitative estimate of drug-likeness (QED) is 0.578. The molecular formula is C21H23N3O5. The summed E-state index contributed by atoms with van der Waals surface area (Å²) in [5.41, 5.74) is 1.83. The average molecular weight is 397 g/mol. The predicted octanol–water partition coefficient (Wildman–Crippen LogP) is 2.53. The summed E-state index contributed by atoms with van der Waals surface area (Å²) in [6.07, 6.45) is 0.735. The number of amides is 2. The Morgan fingerprint density at radius 2 is 1.93 bits per heavy atom. The van der Waals surface area contributed by atoms with E-state index in [0.717, 1.165) is 5.52 Å². The van der Waals surface area contributed by atoms with E-state index in [1.165, 1.54) is 4.57 Å². The number of oxazole rings is 1. The van der Waals surface area contributed by atoms with Crippen molar-refractivity contribution in [1.29, 1.82) is 0 Å². The Bertz CT molecular complexity index is 1050. The van der Waals surface area contributed by atoms with Gasteiger partial charge in [0.15, 0.2) is 12.2 Å². The predicted molar refractivity (Wildman–Crippen MR) is 109 cm³/mol. The molecule has 8 nitrogen and oxygen atoms in total. The van der Waals surface area contributed by atoms with Gasteiger partial charge < -0.3 is 19.8 Å². The second-order valence-corrected chi connectivity index (χ2v) is 6.41. The van der Waals surface area contributed by atoms with Crippen LogP contribution in [0.3, 0.4) is 0 Å². The van der Waals surface area contributed by atoms with Crippen molar-refractivity contribution in [3.05, 3.63) is 59.1 Å². The summed E-state index contributed by atoms with van der Waals surface area (Å²) in [6.45, 7) is 2.68. The zero-order valence-electron chi connectivity index (χ0n) is 16.1. The first kappa shape index (κ1) is 20.2. The number of nitrogens with one attached hydrogen (secondary N) is 2. The number of carbonyl (C=O) groups excluding carboxylic acids is 2. The minimum absolute atomic E-state index is 0.0847. The standard InChI is InChI=1S/C21H23N3O5/c1-2-22-20(26)14-28-16-8-5-7-15(13-16)23-19(25)11-6-12-24-17-9-3-4-10-18(17)29-21(24)27/h3-5,7-10,13H,2,6,11-12,14H2,1H3,(H,22,26)(H,23,25). The molecule has 0 unspecified atom stereocenters. The lowest BCUT2D eigenvalue weighted by Crippen LogP contribution is -2.28. The van der Waals surface area contributed by atoms with Crippen LogP contribution in [0.25, 0.3) is 11.1 Å². The van der Waals surface area contributed by atoms with Crippen molar-refractivity contribution in [3.8, 4) is 5.75 Å². The van der Waals surface area contributed by atoms with Crippen LogP contribution in [-0.2, 0) is 16.1 Å². The SMILES string of the molecule is CCNC(=O)COc1cccc(NC(=O)CCCn2c(=O)oc3ccccc32)c1. The van der Waals surface area contributed by atoms with E-state index in [4.69, 9.17) is 9.15 Å². The normalized spacial score (nSPS) is 10.7. The maximum Gasteiger partial charge on any atom is 0.419 e. The molecule has 0 bridgehead atoms. The van der Waals surface area contributed by atoms with Gasteiger partial charge in [0.2, 0.25) is 5.91 Å². The van der Waals surface area contributed by atoms with Crippen LogP contribution in [0.15, 0.2) is 57.7 Å². The summed E-state index contributed by atoms with van der Waals surface area (Å²) < 4.78 is 12.1. The number of aryl methyl sites for hydroxylation is 1.